The van der Waals surface area contributed by atoms with Gasteiger partial charge in [-0.2, -0.15) is 0 Å². The summed E-state index contributed by atoms with van der Waals surface area (Å²) in [6, 6.07) is 43.0. The third-order valence-corrected chi connectivity index (χ3v) is 11.1. The van der Waals surface area contributed by atoms with Crippen molar-refractivity contribution in [3.05, 3.63) is 145 Å². The van der Waals surface area contributed by atoms with E-state index in [0.717, 1.165) is 46.3 Å². The maximum absolute atomic E-state index is 6.93. The molecule has 0 radical (unpaired) electrons. The normalized spacial score (nSPS) is 13.4. The van der Waals surface area contributed by atoms with Crippen LogP contribution in [0.3, 0.4) is 0 Å². The number of hydrogen-bond acceptors (Lipinski definition) is 5. The van der Waals surface area contributed by atoms with E-state index in [4.69, 9.17) is 19.4 Å². The molecule has 3 heterocycles. The molecule has 0 amide bonds. The Labute approximate surface area is 279 Å². The summed E-state index contributed by atoms with van der Waals surface area (Å²) in [5, 5.41) is 6.08. The molecule has 0 unspecified atom stereocenters. The molecule has 6 aromatic carbocycles. The van der Waals surface area contributed by atoms with E-state index in [2.05, 4.69) is 109 Å². The Balaban J connectivity index is 1.12. The Morgan fingerprint density at radius 3 is 2.12 bits per heavy atom. The number of benzene rings is 6. The first-order chi connectivity index (χ1) is 23.8. The summed E-state index contributed by atoms with van der Waals surface area (Å²) in [4.78, 5) is 15.3. The monoisotopic (exact) mass is 631 g/mol. The van der Waals surface area contributed by atoms with E-state index in [9.17, 15) is 0 Å². The van der Waals surface area contributed by atoms with Crippen molar-refractivity contribution in [1.82, 2.24) is 15.0 Å². The lowest BCUT2D eigenvalue weighted by atomic mass is 9.92. The highest BCUT2D eigenvalue weighted by Crippen LogP contribution is 2.51. The first kappa shape index (κ1) is 26.2. The Hall–Kier alpha value is -5.91. The first-order valence-corrected chi connectivity index (χ1v) is 17.1. The Morgan fingerprint density at radius 1 is 0.521 bits per heavy atom. The summed E-state index contributed by atoms with van der Waals surface area (Å²) in [5.41, 5.74) is 10.2. The number of allylic oxidation sites excluding steroid dienone is 1. The van der Waals surface area contributed by atoms with Gasteiger partial charge < -0.3 is 4.42 Å². The largest absolute Gasteiger partial charge is 0.455 e. The number of nitrogens with zero attached hydrogens (tertiary/aromatic N) is 3. The second kappa shape index (κ2) is 9.80. The van der Waals surface area contributed by atoms with Crippen LogP contribution in [0.25, 0.3) is 92.5 Å². The molecule has 0 N–H and O–H groups in total. The minimum Gasteiger partial charge on any atom is -0.455 e. The van der Waals surface area contributed by atoms with Gasteiger partial charge >= 0.3 is 0 Å². The summed E-state index contributed by atoms with van der Waals surface area (Å²) in [7, 11) is 0. The average Bonchev–Trinajstić information content (AvgIpc) is 3.82. The van der Waals surface area contributed by atoms with Gasteiger partial charge in [-0.15, -0.1) is 11.3 Å². The fourth-order valence-electron chi connectivity index (χ4n) is 7.79. The van der Waals surface area contributed by atoms with Crippen LogP contribution in [0, 0.1) is 0 Å². The predicted octanol–water partition coefficient (Wildman–Crippen LogP) is 11.5. The molecule has 0 aliphatic heterocycles. The van der Waals surface area contributed by atoms with E-state index in [-0.39, 0.29) is 0 Å². The van der Waals surface area contributed by atoms with Crippen molar-refractivity contribution in [2.75, 3.05) is 0 Å². The molecule has 5 heteroatoms. The van der Waals surface area contributed by atoms with Gasteiger partial charge in [-0.25, -0.2) is 15.0 Å². The van der Waals surface area contributed by atoms with Crippen molar-refractivity contribution in [3.63, 3.8) is 0 Å². The molecule has 0 saturated carbocycles. The summed E-state index contributed by atoms with van der Waals surface area (Å²) >= 11 is 1.81. The van der Waals surface area contributed by atoms with Gasteiger partial charge in [0.25, 0.3) is 0 Å². The van der Waals surface area contributed by atoms with Gasteiger partial charge in [-0.3, -0.25) is 0 Å². The zero-order valence-electron chi connectivity index (χ0n) is 25.7. The fraction of sp³-hybridized carbons (Fsp3) is 0.0465. The molecule has 224 valence electrons. The zero-order valence-corrected chi connectivity index (χ0v) is 26.5. The lowest BCUT2D eigenvalue weighted by molar-refractivity contribution is 0.592. The van der Waals surface area contributed by atoms with E-state index in [1.807, 2.05) is 29.5 Å². The van der Waals surface area contributed by atoms with Crippen molar-refractivity contribution in [1.29, 1.82) is 0 Å². The standard InChI is InChI=1S/C43H25N3OS/c1-2-10-24(11-3-1)41-44-42(25-20-21-37-33(22-25)28-14-6-7-19-36(28)48-37)46-43(45-41)32-18-9-16-30-35-23-34-27-13-5-4-12-26(27)29-15-8-17-31(38(29)34)40(35)47-39(30)32/h1-8,10-15,17-23H,9,16H2. The Kier molecular flexibility index (Phi) is 5.35. The molecule has 2 aliphatic rings. The van der Waals surface area contributed by atoms with Crippen LogP contribution in [0.2, 0.25) is 0 Å². The van der Waals surface area contributed by atoms with Crippen LogP contribution >= 0.6 is 11.3 Å². The van der Waals surface area contributed by atoms with Gasteiger partial charge in [0.15, 0.2) is 17.5 Å². The average molecular weight is 632 g/mol. The SMILES string of the molecule is C1=C(c2nc(-c3ccccc3)nc(-c3ccc4sc5ccccc5c4c3)n2)c2oc3c(cc4c5c(cccc53)-c3ccccc3-4)c2CC1. The maximum Gasteiger partial charge on any atom is 0.167 e. The highest BCUT2D eigenvalue weighted by atomic mass is 32.1. The van der Waals surface area contributed by atoms with E-state index >= 15 is 0 Å². The Morgan fingerprint density at radius 2 is 1.23 bits per heavy atom. The topological polar surface area (TPSA) is 51.8 Å². The van der Waals surface area contributed by atoms with Crippen LogP contribution in [0.5, 0.6) is 0 Å². The Bertz CT molecular complexity index is 2840. The highest BCUT2D eigenvalue weighted by molar-refractivity contribution is 7.25. The van der Waals surface area contributed by atoms with Crippen LogP contribution in [-0.4, -0.2) is 15.0 Å². The number of aryl methyl sites for hydroxylation is 1. The van der Waals surface area contributed by atoms with Crippen molar-refractivity contribution >= 4 is 58.8 Å². The maximum atomic E-state index is 6.93. The van der Waals surface area contributed by atoms with E-state index in [1.54, 1.807) is 0 Å². The van der Waals surface area contributed by atoms with Crippen LogP contribution in [0.15, 0.2) is 132 Å². The van der Waals surface area contributed by atoms with Crippen molar-refractivity contribution in [3.8, 4) is 45.0 Å². The molecule has 9 aromatic rings. The summed E-state index contributed by atoms with van der Waals surface area (Å²) in [5.74, 6) is 2.81. The third kappa shape index (κ3) is 3.68. The molecular formula is C43H25N3OS. The van der Waals surface area contributed by atoms with Gasteiger partial charge in [0.2, 0.25) is 0 Å². The van der Waals surface area contributed by atoms with E-state index in [0.29, 0.717) is 17.5 Å². The number of aromatic nitrogens is 3. The number of furan rings is 1. The first-order valence-electron chi connectivity index (χ1n) is 16.3. The second-order valence-electron chi connectivity index (χ2n) is 12.6. The second-order valence-corrected chi connectivity index (χ2v) is 13.7. The van der Waals surface area contributed by atoms with Crippen molar-refractivity contribution in [2.45, 2.75) is 12.8 Å². The molecule has 48 heavy (non-hydrogen) atoms. The predicted molar refractivity (Wildman–Crippen MR) is 197 cm³/mol. The van der Waals surface area contributed by atoms with Crippen LogP contribution < -0.4 is 0 Å². The van der Waals surface area contributed by atoms with Crippen molar-refractivity contribution < 1.29 is 4.42 Å². The van der Waals surface area contributed by atoms with Gasteiger partial charge in [-0.1, -0.05) is 97.1 Å². The van der Waals surface area contributed by atoms with Gasteiger partial charge in [-0.05, 0) is 65.4 Å². The quantitative estimate of drug-likeness (QED) is 0.195. The van der Waals surface area contributed by atoms with E-state index < -0.39 is 0 Å². The number of rotatable bonds is 3. The highest BCUT2D eigenvalue weighted by Gasteiger charge is 2.29. The molecule has 2 aliphatic carbocycles. The molecule has 0 bridgehead atoms. The lowest BCUT2D eigenvalue weighted by Crippen LogP contribution is -2.06. The summed E-state index contributed by atoms with van der Waals surface area (Å²) in [6.45, 7) is 0. The molecule has 11 rings (SSSR count). The fourth-order valence-corrected chi connectivity index (χ4v) is 8.87. The van der Waals surface area contributed by atoms with Crippen molar-refractivity contribution in [2.24, 2.45) is 0 Å². The molecule has 0 atom stereocenters. The van der Waals surface area contributed by atoms with Gasteiger partial charge in [0.1, 0.15) is 11.3 Å². The number of thiophene rings is 1. The number of fused-ring (bicyclic) bond motifs is 10. The van der Waals surface area contributed by atoms with E-state index in [1.165, 1.54) is 58.8 Å². The van der Waals surface area contributed by atoms with Gasteiger partial charge in [0, 0.05) is 53.0 Å². The lowest BCUT2D eigenvalue weighted by Gasteiger charge is -2.14. The molecule has 0 saturated heterocycles. The smallest absolute Gasteiger partial charge is 0.167 e. The minimum absolute atomic E-state index is 0.636. The van der Waals surface area contributed by atoms with Crippen LogP contribution in [0.4, 0.5) is 0 Å². The summed E-state index contributed by atoms with van der Waals surface area (Å²) in [6.07, 6.45) is 4.03. The minimum atomic E-state index is 0.636. The van der Waals surface area contributed by atoms with Crippen LogP contribution in [-0.2, 0) is 6.42 Å². The van der Waals surface area contributed by atoms with Crippen LogP contribution in [0.1, 0.15) is 23.6 Å². The van der Waals surface area contributed by atoms with Gasteiger partial charge in [0.05, 0.1) is 5.57 Å². The molecule has 0 spiro atoms. The summed E-state index contributed by atoms with van der Waals surface area (Å²) < 4.78 is 9.46. The zero-order chi connectivity index (χ0) is 31.3. The molecule has 0 fully saturated rings. The molecular weight excluding hydrogens is 607 g/mol. The molecule has 3 aromatic heterocycles. The number of hydrogen-bond donors (Lipinski definition) is 0. The third-order valence-electron chi connectivity index (χ3n) is 9.95. The molecule has 4 nitrogen and oxygen atoms in total.